The van der Waals surface area contributed by atoms with Crippen LogP contribution in [0, 0.1) is 13.8 Å². The molecule has 0 atom stereocenters. The van der Waals surface area contributed by atoms with Crippen LogP contribution in [0.1, 0.15) is 11.1 Å². The minimum absolute atomic E-state index is 0.882. The highest BCUT2D eigenvalue weighted by Crippen LogP contribution is 2.33. The standard InChI is InChI=1S/C14H14BFN2/c1-11-6-5-7-12(2)14(11)18-10-13-8-3-4-9-17(13)15(18)16/h3-10H,1-2H3. The van der Waals surface area contributed by atoms with E-state index in [0.717, 1.165) is 22.5 Å². The number of halogens is 1. The normalized spacial score (nSPS) is 17.3. The van der Waals surface area contributed by atoms with Gasteiger partial charge in [0.15, 0.2) is 0 Å². The molecule has 1 aromatic carbocycles. The Labute approximate surface area is 107 Å². The Balaban J connectivity index is 2.06. The van der Waals surface area contributed by atoms with Gasteiger partial charge in [-0.2, -0.15) is 0 Å². The first kappa shape index (κ1) is 11.1. The third kappa shape index (κ3) is 1.57. The monoisotopic (exact) mass is 240 g/mol. The molecule has 3 rings (SSSR count). The maximum atomic E-state index is 14.5. The summed E-state index contributed by atoms with van der Waals surface area (Å²) in [5.41, 5.74) is 4.01. The second-order valence-electron chi connectivity index (χ2n) is 4.62. The van der Waals surface area contributed by atoms with Crippen LogP contribution < -0.4 is 4.81 Å². The van der Waals surface area contributed by atoms with Gasteiger partial charge >= 0.3 is 7.26 Å². The molecule has 2 aliphatic heterocycles. The third-order valence-electron chi connectivity index (χ3n) is 3.35. The Morgan fingerprint density at radius 3 is 2.44 bits per heavy atom. The van der Waals surface area contributed by atoms with Gasteiger partial charge in [0.2, 0.25) is 0 Å². The lowest BCUT2D eigenvalue weighted by atomic mass is 9.96. The summed E-state index contributed by atoms with van der Waals surface area (Å²) in [6.45, 7) is 4.02. The highest BCUT2D eigenvalue weighted by Gasteiger charge is 2.39. The van der Waals surface area contributed by atoms with Crippen LogP contribution in [0.25, 0.3) is 0 Å². The van der Waals surface area contributed by atoms with Gasteiger partial charge in [-0.1, -0.05) is 24.3 Å². The fourth-order valence-electron chi connectivity index (χ4n) is 2.49. The molecule has 0 N–H and O–H groups in total. The van der Waals surface area contributed by atoms with E-state index in [0.29, 0.717) is 0 Å². The summed E-state index contributed by atoms with van der Waals surface area (Å²) in [5.74, 6) is 0. The Morgan fingerprint density at radius 2 is 1.78 bits per heavy atom. The fourth-order valence-corrected chi connectivity index (χ4v) is 2.49. The Kier molecular flexibility index (Phi) is 2.51. The first-order chi connectivity index (χ1) is 8.68. The van der Waals surface area contributed by atoms with Gasteiger partial charge in [-0.3, -0.25) is 4.32 Å². The predicted molar refractivity (Wildman–Crippen MR) is 73.5 cm³/mol. The second kappa shape index (κ2) is 4.05. The zero-order chi connectivity index (χ0) is 12.7. The number of hydrogen-bond acceptors (Lipinski definition) is 2. The number of nitrogens with zero attached hydrogens (tertiary/aromatic N) is 2. The molecule has 1 aromatic rings. The summed E-state index contributed by atoms with van der Waals surface area (Å²) in [6, 6.07) is 6.02. The van der Waals surface area contributed by atoms with E-state index < -0.39 is 7.26 Å². The van der Waals surface area contributed by atoms with E-state index in [1.54, 1.807) is 15.8 Å². The van der Waals surface area contributed by atoms with E-state index in [-0.39, 0.29) is 0 Å². The van der Waals surface area contributed by atoms with Crippen LogP contribution >= 0.6 is 0 Å². The first-order valence-corrected chi connectivity index (χ1v) is 6.02. The molecule has 0 fully saturated rings. The quantitative estimate of drug-likeness (QED) is 0.695. The molecule has 0 saturated heterocycles. The lowest BCUT2D eigenvalue weighted by molar-refractivity contribution is 0.642. The summed E-state index contributed by atoms with van der Waals surface area (Å²) in [4.78, 5) is 3.33. The topological polar surface area (TPSA) is 6.48 Å². The first-order valence-electron chi connectivity index (χ1n) is 6.02. The number of aryl methyl sites for hydroxylation is 2. The zero-order valence-corrected chi connectivity index (χ0v) is 10.5. The molecule has 0 unspecified atom stereocenters. The molecule has 2 heterocycles. The van der Waals surface area contributed by atoms with Gasteiger partial charge < -0.3 is 9.62 Å². The van der Waals surface area contributed by atoms with Crippen molar-refractivity contribution in [2.75, 3.05) is 4.81 Å². The minimum atomic E-state index is -1.17. The predicted octanol–water partition coefficient (Wildman–Crippen LogP) is 3.30. The smallest absolute Gasteiger partial charge is 0.341 e. The van der Waals surface area contributed by atoms with Crippen molar-refractivity contribution >= 4 is 12.9 Å². The number of allylic oxidation sites excluding steroid dienone is 3. The van der Waals surface area contributed by atoms with Gasteiger partial charge in [-0.15, -0.1) is 0 Å². The van der Waals surface area contributed by atoms with Crippen LogP contribution in [-0.2, 0) is 0 Å². The van der Waals surface area contributed by atoms with E-state index in [9.17, 15) is 4.32 Å². The van der Waals surface area contributed by atoms with Crippen LogP contribution in [0.2, 0.25) is 0 Å². The molecule has 0 aromatic heterocycles. The Morgan fingerprint density at radius 1 is 1.06 bits per heavy atom. The van der Waals surface area contributed by atoms with E-state index >= 15 is 0 Å². The molecule has 18 heavy (non-hydrogen) atoms. The van der Waals surface area contributed by atoms with Crippen molar-refractivity contribution in [3.05, 3.63) is 65.7 Å². The van der Waals surface area contributed by atoms with E-state index in [1.165, 1.54) is 0 Å². The van der Waals surface area contributed by atoms with Gasteiger partial charge in [-0.05, 0) is 43.3 Å². The number of fused-ring (bicyclic) bond motifs is 1. The van der Waals surface area contributed by atoms with Crippen LogP contribution in [0.15, 0.2) is 54.5 Å². The van der Waals surface area contributed by atoms with Gasteiger partial charge in [0.1, 0.15) is 0 Å². The minimum Gasteiger partial charge on any atom is -0.341 e. The summed E-state index contributed by atoms with van der Waals surface area (Å²) < 4.78 is 14.5. The number of benzene rings is 1. The van der Waals surface area contributed by atoms with E-state index in [2.05, 4.69) is 0 Å². The average Bonchev–Trinajstić information content (AvgIpc) is 2.68. The molecule has 0 spiro atoms. The van der Waals surface area contributed by atoms with Crippen molar-refractivity contribution in [3.63, 3.8) is 0 Å². The summed E-state index contributed by atoms with van der Waals surface area (Å²) in [5, 5.41) is 0. The number of rotatable bonds is 1. The largest absolute Gasteiger partial charge is 0.596 e. The van der Waals surface area contributed by atoms with Crippen molar-refractivity contribution in [2.24, 2.45) is 0 Å². The van der Waals surface area contributed by atoms with Crippen molar-refractivity contribution < 1.29 is 4.32 Å². The van der Waals surface area contributed by atoms with Crippen LogP contribution in [0.4, 0.5) is 10.0 Å². The highest BCUT2D eigenvalue weighted by molar-refractivity contribution is 6.56. The van der Waals surface area contributed by atoms with E-state index in [1.807, 2.05) is 56.5 Å². The third-order valence-corrected chi connectivity index (χ3v) is 3.35. The van der Waals surface area contributed by atoms with Crippen LogP contribution in [0.3, 0.4) is 0 Å². The van der Waals surface area contributed by atoms with Crippen molar-refractivity contribution in [3.8, 4) is 0 Å². The fraction of sp³-hybridized carbons (Fsp3) is 0.143. The average molecular weight is 240 g/mol. The van der Waals surface area contributed by atoms with Crippen molar-refractivity contribution in [2.45, 2.75) is 13.8 Å². The SMILES string of the molecule is Cc1cccc(C)c1N1C=C2C=CC=CN2B1F. The molecule has 0 radical (unpaired) electrons. The number of hydrogen-bond donors (Lipinski definition) is 0. The summed E-state index contributed by atoms with van der Waals surface area (Å²) in [6.07, 6.45) is 9.31. The molecule has 0 saturated carbocycles. The van der Waals surface area contributed by atoms with Crippen LogP contribution in [-0.4, -0.2) is 12.1 Å². The molecular weight excluding hydrogens is 226 g/mol. The van der Waals surface area contributed by atoms with Crippen LogP contribution in [0.5, 0.6) is 0 Å². The summed E-state index contributed by atoms with van der Waals surface area (Å²) in [7, 11) is -1.17. The van der Waals surface area contributed by atoms with Gasteiger partial charge in [0, 0.05) is 17.6 Å². The number of anilines is 1. The lowest BCUT2D eigenvalue weighted by Crippen LogP contribution is -2.39. The molecule has 2 aliphatic rings. The molecule has 90 valence electrons. The highest BCUT2D eigenvalue weighted by atomic mass is 19.1. The maximum absolute atomic E-state index is 14.5. The van der Waals surface area contributed by atoms with Crippen molar-refractivity contribution in [1.29, 1.82) is 0 Å². The molecule has 2 nitrogen and oxygen atoms in total. The van der Waals surface area contributed by atoms with Gasteiger partial charge in [-0.25, -0.2) is 0 Å². The van der Waals surface area contributed by atoms with Gasteiger partial charge in [0.05, 0.1) is 0 Å². The number of para-hydroxylation sites is 1. The molecule has 0 bridgehead atoms. The maximum Gasteiger partial charge on any atom is 0.596 e. The Hall–Kier alpha value is -1.97. The molecular formula is C14H14BFN2. The van der Waals surface area contributed by atoms with E-state index in [4.69, 9.17) is 0 Å². The molecule has 4 heteroatoms. The second-order valence-corrected chi connectivity index (χ2v) is 4.62. The van der Waals surface area contributed by atoms with Crippen molar-refractivity contribution in [1.82, 2.24) is 4.81 Å². The lowest BCUT2D eigenvalue weighted by Gasteiger charge is -2.24. The summed E-state index contributed by atoms with van der Waals surface area (Å²) >= 11 is 0. The Bertz CT molecular complexity index is 557. The zero-order valence-electron chi connectivity index (χ0n) is 10.5. The molecule has 0 amide bonds. The molecule has 0 aliphatic carbocycles. The van der Waals surface area contributed by atoms with Gasteiger partial charge in [0.25, 0.3) is 0 Å².